The molecular formula is C26H27BrCl2N2O3S. The molecule has 0 saturated heterocycles. The number of hydrogen-bond donors (Lipinski definition) is 1. The zero-order chi connectivity index (χ0) is 25.9. The maximum absolute atomic E-state index is 13.5. The molecule has 3 rings (SSSR count). The fourth-order valence-electron chi connectivity index (χ4n) is 3.80. The molecule has 3 aromatic carbocycles. The summed E-state index contributed by atoms with van der Waals surface area (Å²) in [5, 5.41) is 3.64. The number of carbonyl (C=O) groups excluding carboxylic acids is 1. The molecule has 0 saturated carbocycles. The molecular weight excluding hydrogens is 571 g/mol. The Morgan fingerprint density at radius 3 is 2.20 bits per heavy atom. The van der Waals surface area contributed by atoms with Gasteiger partial charge in [-0.1, -0.05) is 57.3 Å². The van der Waals surface area contributed by atoms with Gasteiger partial charge in [0.2, 0.25) is 15.9 Å². The predicted molar refractivity (Wildman–Crippen MR) is 145 cm³/mol. The van der Waals surface area contributed by atoms with Gasteiger partial charge in [-0.05, 0) is 91.9 Å². The summed E-state index contributed by atoms with van der Waals surface area (Å²) < 4.78 is 28.9. The first-order chi connectivity index (χ1) is 16.4. The second-order valence-corrected chi connectivity index (χ2v) is 12.2. The molecule has 35 heavy (non-hydrogen) atoms. The molecule has 0 aliphatic heterocycles. The Hall–Kier alpha value is -1.90. The summed E-state index contributed by atoms with van der Waals surface area (Å²) >= 11 is 15.5. The SMILES string of the molecule is Cc1cc(C)c(C(C)NC(=O)CN(Cc2ccc(Cl)c(Cl)c2)S(=O)(=O)c2ccc(Br)cc2)cc1C. The highest BCUT2D eigenvalue weighted by Gasteiger charge is 2.28. The lowest BCUT2D eigenvalue weighted by atomic mass is 9.96. The second-order valence-electron chi connectivity index (χ2n) is 8.56. The number of nitrogens with zero attached hydrogens (tertiary/aromatic N) is 1. The van der Waals surface area contributed by atoms with Crippen LogP contribution in [0.5, 0.6) is 0 Å². The van der Waals surface area contributed by atoms with E-state index in [4.69, 9.17) is 23.2 Å². The minimum Gasteiger partial charge on any atom is -0.348 e. The Morgan fingerprint density at radius 1 is 0.943 bits per heavy atom. The largest absolute Gasteiger partial charge is 0.348 e. The molecule has 0 aromatic heterocycles. The van der Waals surface area contributed by atoms with E-state index in [1.165, 1.54) is 17.7 Å². The normalized spacial score (nSPS) is 12.6. The van der Waals surface area contributed by atoms with Crippen LogP contribution in [0.2, 0.25) is 10.0 Å². The average molecular weight is 598 g/mol. The van der Waals surface area contributed by atoms with Gasteiger partial charge >= 0.3 is 0 Å². The van der Waals surface area contributed by atoms with Gasteiger partial charge in [-0.2, -0.15) is 4.31 Å². The number of sulfonamides is 1. The summed E-state index contributed by atoms with van der Waals surface area (Å²) in [5.74, 6) is -0.407. The molecule has 9 heteroatoms. The summed E-state index contributed by atoms with van der Waals surface area (Å²) in [5.41, 5.74) is 4.99. The van der Waals surface area contributed by atoms with Crippen LogP contribution in [-0.2, 0) is 21.4 Å². The highest BCUT2D eigenvalue weighted by molar-refractivity contribution is 9.10. The summed E-state index contributed by atoms with van der Waals surface area (Å²) in [6, 6.07) is 15.1. The Morgan fingerprint density at radius 2 is 1.57 bits per heavy atom. The number of benzene rings is 3. The van der Waals surface area contributed by atoms with Crippen molar-refractivity contribution in [2.75, 3.05) is 6.54 Å². The van der Waals surface area contributed by atoms with E-state index >= 15 is 0 Å². The van der Waals surface area contributed by atoms with Gasteiger partial charge in [-0.3, -0.25) is 4.79 Å². The van der Waals surface area contributed by atoms with Crippen LogP contribution in [0.4, 0.5) is 0 Å². The third-order valence-corrected chi connectivity index (χ3v) is 8.91. The van der Waals surface area contributed by atoms with Gasteiger partial charge in [0, 0.05) is 11.0 Å². The quantitative estimate of drug-likeness (QED) is 0.312. The van der Waals surface area contributed by atoms with Crippen LogP contribution in [0.25, 0.3) is 0 Å². The minimum atomic E-state index is -3.98. The lowest BCUT2D eigenvalue weighted by Crippen LogP contribution is -2.41. The predicted octanol–water partition coefficient (Wildman–Crippen LogP) is 6.75. The number of nitrogens with one attached hydrogen (secondary N) is 1. The van der Waals surface area contributed by atoms with Crippen LogP contribution < -0.4 is 5.32 Å². The zero-order valence-electron chi connectivity index (χ0n) is 19.9. The van der Waals surface area contributed by atoms with Crippen LogP contribution in [0.15, 0.2) is 64.0 Å². The number of carbonyl (C=O) groups is 1. The van der Waals surface area contributed by atoms with Crippen molar-refractivity contribution in [2.24, 2.45) is 0 Å². The van der Waals surface area contributed by atoms with E-state index in [0.717, 1.165) is 25.5 Å². The van der Waals surface area contributed by atoms with Crippen LogP contribution >= 0.6 is 39.1 Å². The van der Waals surface area contributed by atoms with Crippen molar-refractivity contribution in [3.8, 4) is 0 Å². The van der Waals surface area contributed by atoms with Gasteiger partial charge in [0.25, 0.3) is 0 Å². The van der Waals surface area contributed by atoms with E-state index in [-0.39, 0.29) is 24.0 Å². The Kier molecular flexibility index (Phi) is 9.05. The maximum atomic E-state index is 13.5. The molecule has 0 radical (unpaired) electrons. The van der Waals surface area contributed by atoms with Gasteiger partial charge < -0.3 is 5.32 Å². The standard InChI is InChI=1S/C26H27BrCl2N2O3S/c1-16-11-18(3)23(12-17(16)2)19(4)30-26(32)15-31(14-20-5-10-24(28)25(29)13-20)35(33,34)22-8-6-21(27)7-9-22/h5-13,19H,14-15H2,1-4H3,(H,30,32). The van der Waals surface area contributed by atoms with Crippen molar-refractivity contribution in [1.29, 1.82) is 0 Å². The van der Waals surface area contributed by atoms with E-state index in [1.54, 1.807) is 30.3 Å². The number of hydrogen-bond acceptors (Lipinski definition) is 3. The lowest BCUT2D eigenvalue weighted by Gasteiger charge is -2.24. The van der Waals surface area contributed by atoms with Crippen LogP contribution in [-0.4, -0.2) is 25.2 Å². The zero-order valence-corrected chi connectivity index (χ0v) is 23.8. The monoisotopic (exact) mass is 596 g/mol. The summed E-state index contributed by atoms with van der Waals surface area (Å²) in [7, 11) is -3.98. The van der Waals surface area contributed by atoms with Crippen molar-refractivity contribution in [2.45, 2.75) is 45.2 Å². The average Bonchev–Trinajstić information content (AvgIpc) is 2.78. The van der Waals surface area contributed by atoms with Crippen molar-refractivity contribution < 1.29 is 13.2 Å². The minimum absolute atomic E-state index is 0.0419. The Labute approximate surface area is 225 Å². The first-order valence-corrected chi connectivity index (χ1v) is 13.9. The van der Waals surface area contributed by atoms with E-state index in [0.29, 0.717) is 15.6 Å². The molecule has 1 N–H and O–H groups in total. The summed E-state index contributed by atoms with van der Waals surface area (Å²) in [6.45, 7) is 7.56. The highest BCUT2D eigenvalue weighted by atomic mass is 79.9. The van der Waals surface area contributed by atoms with Crippen LogP contribution in [0, 0.1) is 20.8 Å². The molecule has 0 heterocycles. The van der Waals surface area contributed by atoms with Crippen LogP contribution in [0.3, 0.4) is 0 Å². The molecule has 0 fully saturated rings. The smallest absolute Gasteiger partial charge is 0.243 e. The van der Waals surface area contributed by atoms with E-state index < -0.39 is 15.9 Å². The first-order valence-electron chi connectivity index (χ1n) is 10.9. The Balaban J connectivity index is 1.88. The molecule has 5 nitrogen and oxygen atoms in total. The molecule has 0 spiro atoms. The van der Waals surface area contributed by atoms with E-state index in [2.05, 4.69) is 33.4 Å². The van der Waals surface area contributed by atoms with Crippen molar-refractivity contribution >= 4 is 55.1 Å². The van der Waals surface area contributed by atoms with Crippen molar-refractivity contribution in [3.05, 3.63) is 96.9 Å². The van der Waals surface area contributed by atoms with Crippen LogP contribution in [0.1, 0.15) is 40.8 Å². The van der Waals surface area contributed by atoms with Gasteiger partial charge in [-0.25, -0.2) is 8.42 Å². The molecule has 0 aliphatic rings. The molecule has 1 atom stereocenters. The van der Waals surface area contributed by atoms with E-state index in [1.807, 2.05) is 27.7 Å². The fourth-order valence-corrected chi connectivity index (χ4v) is 5.77. The second kappa shape index (κ2) is 11.4. The number of amides is 1. The molecule has 0 bridgehead atoms. The summed E-state index contributed by atoms with van der Waals surface area (Å²) in [4.78, 5) is 13.2. The third-order valence-electron chi connectivity index (χ3n) is 5.84. The number of aryl methyl sites for hydroxylation is 3. The van der Waals surface area contributed by atoms with Gasteiger partial charge in [-0.15, -0.1) is 0 Å². The highest BCUT2D eigenvalue weighted by Crippen LogP contribution is 2.26. The van der Waals surface area contributed by atoms with Gasteiger partial charge in [0.15, 0.2) is 0 Å². The Bertz CT molecular complexity index is 1350. The number of halogens is 3. The molecule has 3 aromatic rings. The van der Waals surface area contributed by atoms with Crippen molar-refractivity contribution in [3.63, 3.8) is 0 Å². The molecule has 1 unspecified atom stereocenters. The van der Waals surface area contributed by atoms with Gasteiger partial charge in [0.1, 0.15) is 0 Å². The molecule has 1 amide bonds. The van der Waals surface area contributed by atoms with Gasteiger partial charge in [0.05, 0.1) is 27.5 Å². The maximum Gasteiger partial charge on any atom is 0.243 e. The van der Waals surface area contributed by atoms with Crippen molar-refractivity contribution in [1.82, 2.24) is 9.62 Å². The third kappa shape index (κ3) is 6.86. The number of rotatable bonds is 8. The fraction of sp³-hybridized carbons (Fsp3) is 0.269. The molecule has 0 aliphatic carbocycles. The lowest BCUT2D eigenvalue weighted by molar-refractivity contribution is -0.122. The first kappa shape index (κ1) is 27.7. The molecule has 186 valence electrons. The van der Waals surface area contributed by atoms with E-state index in [9.17, 15) is 13.2 Å². The topological polar surface area (TPSA) is 66.5 Å². The summed E-state index contributed by atoms with van der Waals surface area (Å²) in [6.07, 6.45) is 0.